The van der Waals surface area contributed by atoms with E-state index in [1.165, 1.54) is 38.5 Å². The number of benzene rings is 2. The summed E-state index contributed by atoms with van der Waals surface area (Å²) in [6.07, 6.45) is 9.54. The van der Waals surface area contributed by atoms with Crippen molar-refractivity contribution in [1.29, 1.82) is 0 Å². The van der Waals surface area contributed by atoms with Crippen LogP contribution >= 0.6 is 0 Å². The molecule has 0 radical (unpaired) electrons. The Bertz CT molecular complexity index is 814. The van der Waals surface area contributed by atoms with Crippen molar-refractivity contribution in [2.24, 2.45) is 11.8 Å². The van der Waals surface area contributed by atoms with Crippen molar-refractivity contribution in [3.63, 3.8) is 0 Å². The highest BCUT2D eigenvalue weighted by Crippen LogP contribution is 2.34. The molecule has 198 valence electrons. The van der Waals surface area contributed by atoms with Crippen LogP contribution in [0.3, 0.4) is 0 Å². The lowest BCUT2D eigenvalue weighted by atomic mass is 10.0. The summed E-state index contributed by atoms with van der Waals surface area (Å²) in [4.78, 5) is 0. The molecular formula is C28H49N5O2. The second kappa shape index (κ2) is 16.6. The number of unbranched alkanes of at least 4 members (excludes halogenated alkanes) is 2. The Labute approximate surface area is 212 Å². The van der Waals surface area contributed by atoms with Crippen molar-refractivity contribution in [3.8, 4) is 11.5 Å². The van der Waals surface area contributed by atoms with Crippen molar-refractivity contribution in [1.82, 2.24) is 0 Å². The number of nitrogens with two attached hydrogens (primary N) is 5. The van der Waals surface area contributed by atoms with Crippen molar-refractivity contribution in [3.05, 3.63) is 30.3 Å². The highest BCUT2D eigenvalue weighted by atomic mass is 16.5. The maximum Gasteiger partial charge on any atom is 0.144 e. The first-order valence-electron chi connectivity index (χ1n) is 13.1. The third-order valence-electron chi connectivity index (χ3n) is 6.29. The zero-order valence-corrected chi connectivity index (χ0v) is 22.3. The van der Waals surface area contributed by atoms with Crippen LogP contribution in [0, 0.1) is 11.8 Å². The van der Waals surface area contributed by atoms with Crippen molar-refractivity contribution in [2.45, 2.75) is 79.1 Å². The molecule has 2 unspecified atom stereocenters. The Morgan fingerprint density at radius 1 is 0.600 bits per heavy atom. The number of hydrogen-bond donors (Lipinski definition) is 5. The molecule has 2 aromatic carbocycles. The molecule has 0 aliphatic rings. The average molecular weight is 488 g/mol. The first kappa shape index (κ1) is 30.1. The van der Waals surface area contributed by atoms with Crippen LogP contribution in [-0.4, -0.2) is 13.2 Å². The number of rotatable bonds is 14. The summed E-state index contributed by atoms with van der Waals surface area (Å²) >= 11 is 0. The van der Waals surface area contributed by atoms with Gasteiger partial charge in [-0.2, -0.15) is 0 Å². The van der Waals surface area contributed by atoms with Gasteiger partial charge in [0.1, 0.15) is 11.5 Å². The van der Waals surface area contributed by atoms with E-state index in [1.54, 1.807) is 18.2 Å². The van der Waals surface area contributed by atoms with Crippen molar-refractivity contribution >= 4 is 28.4 Å². The van der Waals surface area contributed by atoms with Crippen LogP contribution in [0.4, 0.5) is 28.4 Å². The molecule has 0 aliphatic carbocycles. The summed E-state index contributed by atoms with van der Waals surface area (Å²) < 4.78 is 11.9. The van der Waals surface area contributed by atoms with E-state index in [0.717, 1.165) is 12.8 Å². The summed E-state index contributed by atoms with van der Waals surface area (Å²) in [5, 5.41) is 0. The lowest BCUT2D eigenvalue weighted by molar-refractivity contribution is 0.229. The molecule has 0 saturated heterocycles. The molecule has 0 bridgehead atoms. The Morgan fingerprint density at radius 3 is 1.40 bits per heavy atom. The third-order valence-corrected chi connectivity index (χ3v) is 6.29. The van der Waals surface area contributed by atoms with Gasteiger partial charge >= 0.3 is 0 Å². The van der Waals surface area contributed by atoms with Gasteiger partial charge in [-0.25, -0.2) is 0 Å². The van der Waals surface area contributed by atoms with Crippen LogP contribution in [0.15, 0.2) is 30.3 Å². The van der Waals surface area contributed by atoms with Crippen molar-refractivity contribution in [2.75, 3.05) is 41.9 Å². The highest BCUT2D eigenvalue weighted by Gasteiger charge is 2.13. The minimum Gasteiger partial charge on any atom is -0.491 e. The fourth-order valence-electron chi connectivity index (χ4n) is 3.65. The van der Waals surface area contributed by atoms with Gasteiger partial charge in [0, 0.05) is 17.8 Å². The smallest absolute Gasteiger partial charge is 0.144 e. The van der Waals surface area contributed by atoms with Gasteiger partial charge in [-0.1, -0.05) is 66.2 Å². The van der Waals surface area contributed by atoms with E-state index >= 15 is 0 Å². The predicted molar refractivity (Wildman–Crippen MR) is 153 cm³/mol. The van der Waals surface area contributed by atoms with Gasteiger partial charge in [0.05, 0.1) is 36.0 Å². The van der Waals surface area contributed by atoms with Gasteiger partial charge < -0.3 is 38.1 Å². The van der Waals surface area contributed by atoms with Gasteiger partial charge in [0.25, 0.3) is 0 Å². The molecule has 2 rings (SSSR count). The highest BCUT2D eigenvalue weighted by molar-refractivity contribution is 5.68. The minimum absolute atomic E-state index is 0.537. The van der Waals surface area contributed by atoms with Crippen LogP contribution in [-0.2, 0) is 0 Å². The van der Waals surface area contributed by atoms with Crippen LogP contribution in [0.5, 0.6) is 11.5 Å². The lowest BCUT2D eigenvalue weighted by Crippen LogP contribution is -2.14. The molecule has 10 N–H and O–H groups in total. The minimum atomic E-state index is 0.537. The third kappa shape index (κ3) is 11.3. The van der Waals surface area contributed by atoms with Gasteiger partial charge in [-0.15, -0.1) is 0 Å². The van der Waals surface area contributed by atoms with Crippen LogP contribution in [0.1, 0.15) is 79.1 Å². The standard InChI is InChI=1S/C22H40N2O2.C6H9N3/c1-5-9-11-17(7-3)15-25-21-13-20(24)22(14-19(21)23)26-16-18(8-4)12-10-6-2;7-4-1-2-5(8)6(9)3-4/h13-14,17-18H,5-12,15-16,23-24H2,1-4H3;1-3H,7-9H2. The SMILES string of the molecule is CCCCC(CC)COc1cc(N)c(OCC(CC)CCCC)cc1N.Nc1ccc(N)c(N)c1. The number of ether oxygens (including phenoxy) is 2. The first-order chi connectivity index (χ1) is 16.7. The Balaban J connectivity index is 0.000000566. The number of hydrogen-bond acceptors (Lipinski definition) is 7. The van der Waals surface area contributed by atoms with Gasteiger partial charge in [0.2, 0.25) is 0 Å². The summed E-state index contributed by atoms with van der Waals surface area (Å²) in [6.45, 7) is 10.2. The summed E-state index contributed by atoms with van der Waals surface area (Å²) in [7, 11) is 0. The Hall–Kier alpha value is -2.96. The molecule has 2 atom stereocenters. The van der Waals surface area contributed by atoms with E-state index in [2.05, 4.69) is 27.7 Å². The molecule has 7 nitrogen and oxygen atoms in total. The zero-order valence-electron chi connectivity index (χ0n) is 22.3. The Kier molecular flexibility index (Phi) is 14.3. The number of nitrogen functional groups attached to an aromatic ring is 5. The Morgan fingerprint density at radius 2 is 1.06 bits per heavy atom. The molecule has 0 spiro atoms. The van der Waals surface area contributed by atoms with E-state index in [1.807, 2.05) is 12.1 Å². The molecule has 0 amide bonds. The first-order valence-corrected chi connectivity index (χ1v) is 13.1. The maximum atomic E-state index is 6.18. The molecule has 0 heterocycles. The molecule has 0 aromatic heterocycles. The summed E-state index contributed by atoms with van der Waals surface area (Å²) in [6, 6.07) is 8.65. The van der Waals surface area contributed by atoms with E-state index in [-0.39, 0.29) is 0 Å². The second-order valence-corrected chi connectivity index (χ2v) is 9.27. The number of anilines is 5. The molecule has 0 fully saturated rings. The van der Waals surface area contributed by atoms with E-state index in [0.29, 0.717) is 65.0 Å². The second-order valence-electron chi connectivity index (χ2n) is 9.27. The molecular weight excluding hydrogens is 438 g/mol. The topological polar surface area (TPSA) is 149 Å². The molecule has 7 heteroatoms. The van der Waals surface area contributed by atoms with Gasteiger partial charge in [-0.3, -0.25) is 0 Å². The van der Waals surface area contributed by atoms with Gasteiger partial charge in [-0.05, 0) is 42.9 Å². The van der Waals surface area contributed by atoms with Crippen molar-refractivity contribution < 1.29 is 9.47 Å². The quantitative estimate of drug-likeness (QED) is 0.192. The zero-order chi connectivity index (χ0) is 26.2. The van der Waals surface area contributed by atoms with Crippen LogP contribution in [0.2, 0.25) is 0 Å². The monoisotopic (exact) mass is 487 g/mol. The molecule has 2 aromatic rings. The molecule has 0 saturated carbocycles. The molecule has 0 aliphatic heterocycles. The fourth-order valence-corrected chi connectivity index (χ4v) is 3.65. The summed E-state index contributed by atoms with van der Waals surface area (Å²) in [5.74, 6) is 2.47. The van der Waals surface area contributed by atoms with E-state index < -0.39 is 0 Å². The largest absolute Gasteiger partial charge is 0.491 e. The fraction of sp³-hybridized carbons (Fsp3) is 0.571. The molecule has 35 heavy (non-hydrogen) atoms. The van der Waals surface area contributed by atoms with E-state index in [4.69, 9.17) is 38.1 Å². The van der Waals surface area contributed by atoms with Gasteiger partial charge in [0.15, 0.2) is 0 Å². The predicted octanol–water partition coefficient (Wildman–Crippen LogP) is 6.47. The van der Waals surface area contributed by atoms with Crippen LogP contribution in [0.25, 0.3) is 0 Å². The normalized spacial score (nSPS) is 12.3. The van der Waals surface area contributed by atoms with Crippen LogP contribution < -0.4 is 38.1 Å². The lowest BCUT2D eigenvalue weighted by Gasteiger charge is -2.19. The van der Waals surface area contributed by atoms with E-state index in [9.17, 15) is 0 Å². The average Bonchev–Trinajstić information content (AvgIpc) is 2.84. The summed E-state index contributed by atoms with van der Waals surface area (Å²) in [5.41, 5.74) is 31.5. The maximum absolute atomic E-state index is 6.18.